The molecule has 2 unspecified atom stereocenters. The van der Waals surface area contributed by atoms with E-state index >= 15 is 0 Å². The predicted octanol–water partition coefficient (Wildman–Crippen LogP) is 4.54. The number of benzene rings is 1. The fourth-order valence-corrected chi connectivity index (χ4v) is 7.57. The fourth-order valence-electron chi connectivity index (χ4n) is 5.43. The third kappa shape index (κ3) is 4.90. The van der Waals surface area contributed by atoms with E-state index in [9.17, 15) is 18.6 Å². The van der Waals surface area contributed by atoms with Gasteiger partial charge in [-0.3, -0.25) is 0 Å². The second-order valence-corrected chi connectivity index (χ2v) is 11.4. The van der Waals surface area contributed by atoms with E-state index in [1.54, 1.807) is 36.4 Å². The van der Waals surface area contributed by atoms with Crippen LogP contribution in [0.15, 0.2) is 59.5 Å². The van der Waals surface area contributed by atoms with Crippen molar-refractivity contribution in [3.05, 3.63) is 54.6 Å². The highest BCUT2D eigenvalue weighted by atomic mass is 32.2. The summed E-state index contributed by atoms with van der Waals surface area (Å²) in [5, 5.41) is 20.5. The van der Waals surface area contributed by atoms with Crippen molar-refractivity contribution in [2.75, 3.05) is 0 Å². The Bertz CT molecular complexity index is 845. The Hall–Kier alpha value is -1.43. The number of fused-ring (bicyclic) bond motifs is 1. The van der Waals surface area contributed by atoms with Crippen molar-refractivity contribution in [3.8, 4) is 0 Å². The number of hydrogen-bond donors (Lipinski definition) is 2. The smallest absolute Gasteiger partial charge is 0.185 e. The van der Waals surface area contributed by atoms with Gasteiger partial charge in [-0.1, -0.05) is 75.6 Å². The summed E-state index contributed by atoms with van der Waals surface area (Å²) in [5.41, 5.74) is 0.743. The van der Waals surface area contributed by atoms with E-state index in [2.05, 4.69) is 20.4 Å². The van der Waals surface area contributed by atoms with Gasteiger partial charge < -0.3 is 10.2 Å². The maximum atomic E-state index is 13.3. The van der Waals surface area contributed by atoms with Gasteiger partial charge in [-0.05, 0) is 49.1 Å². The molecule has 2 saturated carbocycles. The summed E-state index contributed by atoms with van der Waals surface area (Å²) in [6, 6.07) is 8.55. The molecule has 166 valence electrons. The van der Waals surface area contributed by atoms with Crippen molar-refractivity contribution in [1.82, 2.24) is 0 Å². The molecule has 0 heterocycles. The SMILES string of the molecule is C=C1C[C@H]2[C@H](/C=C/[C@@H](O)CC(C)CCCC)[C@H](O)C[C@@H]2C1S(=O)(=O)c1ccccc1. The van der Waals surface area contributed by atoms with Crippen LogP contribution in [0.4, 0.5) is 0 Å². The van der Waals surface area contributed by atoms with Crippen LogP contribution in [-0.2, 0) is 9.84 Å². The average molecular weight is 433 g/mol. The van der Waals surface area contributed by atoms with Crippen molar-refractivity contribution >= 4 is 9.84 Å². The lowest BCUT2D eigenvalue weighted by Crippen LogP contribution is -2.27. The molecule has 0 saturated heterocycles. The molecule has 30 heavy (non-hydrogen) atoms. The summed E-state index contributed by atoms with van der Waals surface area (Å²) in [6.45, 7) is 8.43. The number of hydrogen-bond acceptors (Lipinski definition) is 4. The highest BCUT2D eigenvalue weighted by Crippen LogP contribution is 2.53. The van der Waals surface area contributed by atoms with E-state index in [1.165, 1.54) is 6.42 Å². The molecule has 0 bridgehead atoms. The zero-order valence-corrected chi connectivity index (χ0v) is 19.0. The van der Waals surface area contributed by atoms with Crippen LogP contribution in [-0.4, -0.2) is 36.1 Å². The van der Waals surface area contributed by atoms with E-state index in [0.717, 1.165) is 18.4 Å². The molecule has 5 heteroatoms. The largest absolute Gasteiger partial charge is 0.392 e. The van der Waals surface area contributed by atoms with Crippen LogP contribution >= 0.6 is 0 Å². The first-order valence-corrected chi connectivity index (χ1v) is 12.8. The van der Waals surface area contributed by atoms with E-state index in [4.69, 9.17) is 0 Å². The third-order valence-corrected chi connectivity index (χ3v) is 9.23. The van der Waals surface area contributed by atoms with Gasteiger partial charge in [0.15, 0.2) is 9.84 Å². The van der Waals surface area contributed by atoms with Crippen molar-refractivity contribution in [3.63, 3.8) is 0 Å². The predicted molar refractivity (Wildman–Crippen MR) is 121 cm³/mol. The van der Waals surface area contributed by atoms with Crippen LogP contribution in [0.2, 0.25) is 0 Å². The minimum Gasteiger partial charge on any atom is -0.392 e. The van der Waals surface area contributed by atoms with E-state index in [-0.39, 0.29) is 17.8 Å². The topological polar surface area (TPSA) is 74.6 Å². The third-order valence-electron chi connectivity index (χ3n) is 6.95. The second kappa shape index (κ2) is 9.80. The molecule has 2 fully saturated rings. The standard InChI is InChI=1S/C25H36O4S/c1-4-5-9-17(2)14-19(26)12-13-21-22-15-18(3)25(23(22)16-24(21)27)30(28,29)20-10-7-6-8-11-20/h6-8,10-13,17,19,21-27H,3-5,9,14-16H2,1-2H3/b13-12+/t17?,19-,21+,22+,23+,24-,25?/m1/s1. The number of aliphatic hydroxyl groups is 2. The molecular formula is C25H36O4S. The maximum absolute atomic E-state index is 13.3. The van der Waals surface area contributed by atoms with Crippen LogP contribution < -0.4 is 0 Å². The van der Waals surface area contributed by atoms with E-state index < -0.39 is 27.3 Å². The summed E-state index contributed by atoms with van der Waals surface area (Å²) in [5.74, 6) is 0.241. The highest BCUT2D eigenvalue weighted by Gasteiger charge is 2.54. The van der Waals surface area contributed by atoms with Crippen molar-refractivity contribution in [1.29, 1.82) is 0 Å². The molecular weight excluding hydrogens is 396 g/mol. The monoisotopic (exact) mass is 432 g/mol. The molecule has 0 aromatic heterocycles. The number of aliphatic hydroxyl groups excluding tert-OH is 2. The lowest BCUT2D eigenvalue weighted by Gasteiger charge is -2.20. The molecule has 3 rings (SSSR count). The fraction of sp³-hybridized carbons (Fsp3) is 0.600. The van der Waals surface area contributed by atoms with Gasteiger partial charge in [0, 0.05) is 5.92 Å². The Labute approximate surface area is 181 Å². The minimum absolute atomic E-state index is 0.0527. The first-order valence-electron chi connectivity index (χ1n) is 11.3. The molecule has 4 nitrogen and oxygen atoms in total. The Balaban J connectivity index is 1.71. The van der Waals surface area contributed by atoms with Gasteiger partial charge in [-0.25, -0.2) is 8.42 Å². The van der Waals surface area contributed by atoms with Gasteiger partial charge in [-0.15, -0.1) is 0 Å². The summed E-state index contributed by atoms with van der Waals surface area (Å²) in [4.78, 5) is 0.321. The first kappa shape index (κ1) is 23.2. The Morgan fingerprint density at radius 1 is 1.23 bits per heavy atom. The average Bonchev–Trinajstić information content (AvgIpc) is 3.18. The molecule has 2 aliphatic carbocycles. The number of rotatable bonds is 9. The Kier molecular flexibility index (Phi) is 7.59. The van der Waals surface area contributed by atoms with Crippen LogP contribution in [0.3, 0.4) is 0 Å². The second-order valence-electron chi connectivity index (χ2n) is 9.28. The van der Waals surface area contributed by atoms with Gasteiger partial charge in [0.25, 0.3) is 0 Å². The van der Waals surface area contributed by atoms with E-state index in [1.807, 2.05) is 6.08 Å². The summed E-state index contributed by atoms with van der Waals surface area (Å²) in [7, 11) is -3.53. The van der Waals surface area contributed by atoms with Gasteiger partial charge in [0.2, 0.25) is 0 Å². The van der Waals surface area contributed by atoms with Crippen molar-refractivity contribution in [2.24, 2.45) is 23.7 Å². The number of unbranched alkanes of at least 4 members (excludes halogenated alkanes) is 1. The van der Waals surface area contributed by atoms with E-state index in [0.29, 0.717) is 30.1 Å². The van der Waals surface area contributed by atoms with Crippen LogP contribution in [0.25, 0.3) is 0 Å². The molecule has 1 aromatic rings. The summed E-state index contributed by atoms with van der Waals surface area (Å²) < 4.78 is 26.5. The van der Waals surface area contributed by atoms with Crippen LogP contribution in [0.1, 0.15) is 52.4 Å². The maximum Gasteiger partial charge on any atom is 0.185 e. The van der Waals surface area contributed by atoms with Crippen LogP contribution in [0.5, 0.6) is 0 Å². The summed E-state index contributed by atoms with van der Waals surface area (Å²) in [6.07, 6.45) is 7.83. The molecule has 2 aliphatic rings. The van der Waals surface area contributed by atoms with Gasteiger partial charge in [0.05, 0.1) is 22.4 Å². The Morgan fingerprint density at radius 2 is 1.93 bits per heavy atom. The lowest BCUT2D eigenvalue weighted by molar-refractivity contribution is 0.138. The molecule has 0 aliphatic heterocycles. The summed E-state index contributed by atoms with van der Waals surface area (Å²) >= 11 is 0. The minimum atomic E-state index is -3.53. The first-order chi connectivity index (χ1) is 14.3. The zero-order valence-electron chi connectivity index (χ0n) is 18.2. The van der Waals surface area contributed by atoms with Crippen molar-refractivity contribution < 1.29 is 18.6 Å². The highest BCUT2D eigenvalue weighted by molar-refractivity contribution is 7.92. The molecule has 2 N–H and O–H groups in total. The Morgan fingerprint density at radius 3 is 2.60 bits per heavy atom. The van der Waals surface area contributed by atoms with Crippen LogP contribution in [0, 0.1) is 23.7 Å². The number of sulfone groups is 1. The van der Waals surface area contributed by atoms with Gasteiger partial charge >= 0.3 is 0 Å². The molecule has 1 aromatic carbocycles. The quantitative estimate of drug-likeness (QED) is 0.562. The molecule has 0 amide bonds. The molecule has 0 spiro atoms. The molecule has 7 atom stereocenters. The van der Waals surface area contributed by atoms with Crippen molar-refractivity contribution in [2.45, 2.75) is 74.7 Å². The zero-order chi connectivity index (χ0) is 21.9. The van der Waals surface area contributed by atoms with Gasteiger partial charge in [-0.2, -0.15) is 0 Å². The molecule has 0 radical (unpaired) electrons. The van der Waals surface area contributed by atoms with Gasteiger partial charge in [0.1, 0.15) is 0 Å². The lowest BCUT2D eigenvalue weighted by atomic mass is 9.89. The normalized spacial score (nSPS) is 31.2.